The summed E-state index contributed by atoms with van der Waals surface area (Å²) in [7, 11) is 0. The Kier molecular flexibility index (Phi) is 2.45. The average Bonchev–Trinajstić information content (AvgIpc) is 2.05. The molecular weight excluding hydrogens is 146 g/mol. The Hall–Kier alpha value is -0.830. The Morgan fingerprint density at radius 3 is 2.90 bits per heavy atom. The molecule has 0 aliphatic rings. The molecule has 10 heavy (non-hydrogen) atoms. The molecule has 0 aliphatic carbocycles. The Balaban J connectivity index is 2.84. The second kappa shape index (κ2) is 3.37. The molecule has 0 saturated heterocycles. The van der Waals surface area contributed by atoms with E-state index in [1.54, 1.807) is 24.6 Å². The first-order valence-electron chi connectivity index (χ1n) is 2.81. The minimum absolute atomic E-state index is 0.513. The fraction of sp³-hybridized carbons (Fsp3) is 0.143. The van der Waals surface area contributed by atoms with E-state index in [0.29, 0.717) is 5.69 Å². The molecule has 0 saturated carbocycles. The largest absolute Gasteiger partial charge is 0.289 e. The molecule has 0 amide bonds. The second-order valence-electron chi connectivity index (χ2n) is 1.77. The third-order valence-corrected chi connectivity index (χ3v) is 1.45. The smallest absolute Gasteiger partial charge is 0.218 e. The molecule has 0 bridgehead atoms. The van der Waals surface area contributed by atoms with Crippen molar-refractivity contribution in [2.75, 3.05) is 0 Å². The van der Waals surface area contributed by atoms with Gasteiger partial charge in [-0.2, -0.15) is 12.6 Å². The zero-order valence-corrected chi connectivity index (χ0v) is 6.08. The van der Waals surface area contributed by atoms with Gasteiger partial charge >= 0.3 is 0 Å². The standard InChI is InChI=1S/C7H6NOS/c9-5-7(10)6-3-1-2-4-8-6/h1-4,7,10H. The second-order valence-corrected chi connectivity index (χ2v) is 2.29. The van der Waals surface area contributed by atoms with Crippen molar-refractivity contribution in [1.82, 2.24) is 4.98 Å². The number of nitrogens with zero attached hydrogens (tertiary/aromatic N) is 1. The lowest BCUT2D eigenvalue weighted by atomic mass is 10.3. The fourth-order valence-corrected chi connectivity index (χ4v) is 0.751. The van der Waals surface area contributed by atoms with Gasteiger partial charge in [0, 0.05) is 6.20 Å². The molecule has 51 valence electrons. The molecule has 1 heterocycles. The van der Waals surface area contributed by atoms with Crippen LogP contribution in [0.5, 0.6) is 0 Å². The highest BCUT2D eigenvalue weighted by atomic mass is 32.1. The number of aromatic nitrogens is 1. The monoisotopic (exact) mass is 152 g/mol. The van der Waals surface area contributed by atoms with Crippen LogP contribution in [0, 0.1) is 0 Å². The average molecular weight is 152 g/mol. The van der Waals surface area contributed by atoms with E-state index in [4.69, 9.17) is 0 Å². The lowest BCUT2D eigenvalue weighted by molar-refractivity contribution is 0.554. The third kappa shape index (κ3) is 1.57. The van der Waals surface area contributed by atoms with Crippen molar-refractivity contribution >= 4 is 18.9 Å². The van der Waals surface area contributed by atoms with Crippen molar-refractivity contribution in [3.63, 3.8) is 0 Å². The summed E-state index contributed by atoms with van der Waals surface area (Å²) in [6.45, 7) is 0. The van der Waals surface area contributed by atoms with E-state index in [2.05, 4.69) is 17.6 Å². The van der Waals surface area contributed by atoms with E-state index in [9.17, 15) is 4.79 Å². The number of carbonyl (C=O) groups excluding carboxylic acids is 1. The van der Waals surface area contributed by atoms with Crippen LogP contribution in [0.2, 0.25) is 0 Å². The third-order valence-electron chi connectivity index (χ3n) is 1.08. The molecule has 0 spiro atoms. The molecule has 0 fully saturated rings. The first-order valence-corrected chi connectivity index (χ1v) is 3.33. The van der Waals surface area contributed by atoms with E-state index in [1.165, 1.54) is 0 Å². The molecule has 3 heteroatoms. The van der Waals surface area contributed by atoms with Crippen LogP contribution >= 0.6 is 12.6 Å². The summed E-state index contributed by atoms with van der Waals surface area (Å²) < 4.78 is 0. The predicted molar refractivity (Wildman–Crippen MR) is 41.7 cm³/mol. The van der Waals surface area contributed by atoms with Gasteiger partial charge in [-0.25, -0.2) is 0 Å². The topological polar surface area (TPSA) is 30.0 Å². The SMILES string of the molecule is O=[C]C(S)c1ccccn1. The molecule has 1 radical (unpaired) electrons. The maximum absolute atomic E-state index is 10.1. The lowest BCUT2D eigenvalue weighted by Crippen LogP contribution is -1.93. The number of rotatable bonds is 2. The van der Waals surface area contributed by atoms with E-state index in [-0.39, 0.29) is 0 Å². The van der Waals surface area contributed by atoms with Crippen LogP contribution in [0.4, 0.5) is 0 Å². The number of hydrogen-bond acceptors (Lipinski definition) is 3. The first-order chi connectivity index (χ1) is 4.84. The molecule has 1 unspecified atom stereocenters. The molecule has 1 aromatic rings. The summed E-state index contributed by atoms with van der Waals surface area (Å²) in [6.07, 6.45) is 3.35. The Labute approximate surface area is 64.7 Å². The molecule has 2 nitrogen and oxygen atoms in total. The normalized spacial score (nSPS) is 12.5. The molecular formula is C7H6NOS. The Bertz CT molecular complexity index is 212. The predicted octanol–water partition coefficient (Wildman–Crippen LogP) is 1.16. The summed E-state index contributed by atoms with van der Waals surface area (Å²) in [5.74, 6) is 0. The molecule has 1 rings (SSSR count). The summed E-state index contributed by atoms with van der Waals surface area (Å²) in [5, 5.41) is -0.513. The summed E-state index contributed by atoms with van der Waals surface area (Å²) in [6, 6.07) is 5.33. The van der Waals surface area contributed by atoms with Gasteiger partial charge in [0.25, 0.3) is 0 Å². The van der Waals surface area contributed by atoms with Crippen molar-refractivity contribution in [2.24, 2.45) is 0 Å². The van der Waals surface area contributed by atoms with Crippen LogP contribution in [0.1, 0.15) is 10.9 Å². The zero-order chi connectivity index (χ0) is 7.40. The fourth-order valence-electron chi connectivity index (χ4n) is 0.598. The van der Waals surface area contributed by atoms with Gasteiger partial charge in [-0.1, -0.05) is 6.07 Å². The van der Waals surface area contributed by atoms with Crippen LogP contribution in [0.25, 0.3) is 0 Å². The van der Waals surface area contributed by atoms with Crippen LogP contribution in [0.3, 0.4) is 0 Å². The van der Waals surface area contributed by atoms with Gasteiger partial charge in [-0.15, -0.1) is 0 Å². The Morgan fingerprint density at radius 1 is 1.60 bits per heavy atom. The molecule has 0 N–H and O–H groups in total. The minimum atomic E-state index is -0.513. The highest BCUT2D eigenvalue weighted by Gasteiger charge is 2.04. The quantitative estimate of drug-likeness (QED) is 0.644. The first kappa shape index (κ1) is 7.28. The van der Waals surface area contributed by atoms with Gasteiger partial charge in [0.1, 0.15) is 5.25 Å². The van der Waals surface area contributed by atoms with Crippen LogP contribution in [-0.2, 0) is 4.79 Å². The highest BCUT2D eigenvalue weighted by molar-refractivity contribution is 7.81. The number of pyridine rings is 1. The molecule has 0 aliphatic heterocycles. The minimum Gasteiger partial charge on any atom is -0.289 e. The van der Waals surface area contributed by atoms with E-state index in [0.717, 1.165) is 0 Å². The van der Waals surface area contributed by atoms with Crippen LogP contribution < -0.4 is 0 Å². The van der Waals surface area contributed by atoms with Crippen LogP contribution in [-0.4, -0.2) is 11.3 Å². The van der Waals surface area contributed by atoms with Crippen molar-refractivity contribution in [1.29, 1.82) is 0 Å². The van der Waals surface area contributed by atoms with Crippen LogP contribution in [0.15, 0.2) is 24.4 Å². The van der Waals surface area contributed by atoms with Gasteiger partial charge in [0.05, 0.1) is 5.69 Å². The summed E-state index contributed by atoms with van der Waals surface area (Å²) in [5.41, 5.74) is 0.640. The van der Waals surface area contributed by atoms with Crippen molar-refractivity contribution < 1.29 is 4.79 Å². The summed E-state index contributed by atoms with van der Waals surface area (Å²) >= 11 is 3.93. The Morgan fingerprint density at radius 2 is 2.40 bits per heavy atom. The lowest BCUT2D eigenvalue weighted by Gasteiger charge is -1.97. The zero-order valence-electron chi connectivity index (χ0n) is 5.19. The van der Waals surface area contributed by atoms with Crippen molar-refractivity contribution in [3.05, 3.63) is 30.1 Å². The van der Waals surface area contributed by atoms with Gasteiger partial charge in [-0.3, -0.25) is 9.78 Å². The number of thiol groups is 1. The molecule has 1 aromatic heterocycles. The van der Waals surface area contributed by atoms with E-state index in [1.807, 2.05) is 6.07 Å². The highest BCUT2D eigenvalue weighted by Crippen LogP contribution is 2.12. The van der Waals surface area contributed by atoms with Crippen molar-refractivity contribution in [2.45, 2.75) is 5.25 Å². The van der Waals surface area contributed by atoms with Gasteiger partial charge in [0.2, 0.25) is 6.29 Å². The maximum atomic E-state index is 10.1. The molecule has 0 aromatic carbocycles. The van der Waals surface area contributed by atoms with Gasteiger partial charge < -0.3 is 0 Å². The van der Waals surface area contributed by atoms with Crippen molar-refractivity contribution in [3.8, 4) is 0 Å². The van der Waals surface area contributed by atoms with Gasteiger partial charge in [-0.05, 0) is 12.1 Å². The number of hydrogen-bond donors (Lipinski definition) is 1. The maximum Gasteiger partial charge on any atom is 0.218 e. The van der Waals surface area contributed by atoms with E-state index >= 15 is 0 Å². The summed E-state index contributed by atoms with van der Waals surface area (Å²) in [4.78, 5) is 14.0. The molecule has 1 atom stereocenters. The van der Waals surface area contributed by atoms with Gasteiger partial charge in [0.15, 0.2) is 0 Å². The van der Waals surface area contributed by atoms with E-state index < -0.39 is 5.25 Å².